The Morgan fingerprint density at radius 1 is 1.50 bits per heavy atom. The maximum absolute atomic E-state index is 4.16. The number of nitrogens with zero attached hydrogens (tertiary/aromatic N) is 3. The van der Waals surface area contributed by atoms with E-state index in [-0.39, 0.29) is 0 Å². The second kappa shape index (κ2) is 5.43. The van der Waals surface area contributed by atoms with Gasteiger partial charge in [0, 0.05) is 12.6 Å². The average Bonchev–Trinajstić information content (AvgIpc) is 2.76. The summed E-state index contributed by atoms with van der Waals surface area (Å²) in [5, 5.41) is 11.7. The van der Waals surface area contributed by atoms with Crippen LogP contribution in [0.5, 0.6) is 0 Å². The predicted octanol–water partition coefficient (Wildman–Crippen LogP) is 1.93. The zero-order chi connectivity index (χ0) is 11.4. The van der Waals surface area contributed by atoms with Crippen molar-refractivity contribution in [2.75, 3.05) is 6.54 Å². The SMILES string of the molecule is CC(C)c1cnnn1CCC1CCCCN1. The predicted molar refractivity (Wildman–Crippen MR) is 64.4 cm³/mol. The molecule has 0 bridgehead atoms. The topological polar surface area (TPSA) is 42.7 Å². The van der Waals surface area contributed by atoms with Gasteiger partial charge in [0.2, 0.25) is 0 Å². The van der Waals surface area contributed by atoms with Gasteiger partial charge in [-0.3, -0.25) is 0 Å². The molecule has 4 heteroatoms. The van der Waals surface area contributed by atoms with Gasteiger partial charge < -0.3 is 5.32 Å². The highest BCUT2D eigenvalue weighted by atomic mass is 15.4. The molecule has 0 radical (unpaired) electrons. The molecule has 0 amide bonds. The monoisotopic (exact) mass is 222 g/mol. The van der Waals surface area contributed by atoms with E-state index in [1.165, 1.54) is 37.9 Å². The first-order chi connectivity index (χ1) is 7.77. The van der Waals surface area contributed by atoms with E-state index in [9.17, 15) is 0 Å². The first-order valence-electron chi connectivity index (χ1n) is 6.39. The van der Waals surface area contributed by atoms with Gasteiger partial charge in [-0.05, 0) is 31.7 Å². The Labute approximate surface area is 97.4 Å². The summed E-state index contributed by atoms with van der Waals surface area (Å²) in [5.41, 5.74) is 1.25. The van der Waals surface area contributed by atoms with Gasteiger partial charge in [0.05, 0.1) is 11.9 Å². The Bertz CT molecular complexity index is 313. The van der Waals surface area contributed by atoms with E-state index < -0.39 is 0 Å². The zero-order valence-corrected chi connectivity index (χ0v) is 10.3. The minimum atomic E-state index is 0.509. The van der Waals surface area contributed by atoms with Crippen molar-refractivity contribution in [1.29, 1.82) is 0 Å². The van der Waals surface area contributed by atoms with E-state index in [4.69, 9.17) is 0 Å². The summed E-state index contributed by atoms with van der Waals surface area (Å²) < 4.78 is 2.06. The maximum atomic E-state index is 4.16. The van der Waals surface area contributed by atoms with Crippen molar-refractivity contribution >= 4 is 0 Å². The van der Waals surface area contributed by atoms with Gasteiger partial charge in [-0.15, -0.1) is 5.10 Å². The third-order valence-corrected chi connectivity index (χ3v) is 3.34. The van der Waals surface area contributed by atoms with Crippen LogP contribution in [0.3, 0.4) is 0 Å². The molecule has 0 aliphatic carbocycles. The standard InChI is InChI=1S/C12H22N4/c1-10(2)12-9-14-15-16(12)8-6-11-5-3-4-7-13-11/h9-11,13H,3-8H2,1-2H3. The van der Waals surface area contributed by atoms with E-state index in [1.807, 2.05) is 6.20 Å². The molecule has 1 aromatic heterocycles. The third-order valence-electron chi connectivity index (χ3n) is 3.34. The molecule has 0 saturated carbocycles. The van der Waals surface area contributed by atoms with Crippen molar-refractivity contribution < 1.29 is 0 Å². The van der Waals surface area contributed by atoms with Crippen molar-refractivity contribution in [2.45, 2.75) is 58.0 Å². The molecular weight excluding hydrogens is 200 g/mol. The molecule has 4 nitrogen and oxygen atoms in total. The highest BCUT2D eigenvalue weighted by Gasteiger charge is 2.14. The average molecular weight is 222 g/mol. The lowest BCUT2D eigenvalue weighted by molar-refractivity contribution is 0.355. The molecule has 1 aliphatic rings. The van der Waals surface area contributed by atoms with Gasteiger partial charge in [-0.1, -0.05) is 25.5 Å². The van der Waals surface area contributed by atoms with Crippen LogP contribution in [0.25, 0.3) is 0 Å². The molecule has 0 spiro atoms. The fourth-order valence-electron chi connectivity index (χ4n) is 2.34. The highest BCUT2D eigenvalue weighted by molar-refractivity contribution is 4.99. The van der Waals surface area contributed by atoms with Crippen LogP contribution in [-0.2, 0) is 6.54 Å². The third kappa shape index (κ3) is 2.82. The molecule has 90 valence electrons. The van der Waals surface area contributed by atoms with Crippen LogP contribution in [0.1, 0.15) is 51.1 Å². The van der Waals surface area contributed by atoms with E-state index in [2.05, 4.69) is 34.2 Å². The smallest absolute Gasteiger partial charge is 0.0727 e. The van der Waals surface area contributed by atoms with Crippen LogP contribution in [-0.4, -0.2) is 27.6 Å². The van der Waals surface area contributed by atoms with Crippen molar-refractivity contribution in [3.8, 4) is 0 Å². The van der Waals surface area contributed by atoms with Crippen molar-refractivity contribution in [1.82, 2.24) is 20.3 Å². The minimum absolute atomic E-state index is 0.509. The first kappa shape index (κ1) is 11.6. The number of aromatic nitrogens is 3. The molecule has 1 atom stereocenters. The van der Waals surface area contributed by atoms with Gasteiger partial charge in [0.15, 0.2) is 0 Å². The zero-order valence-electron chi connectivity index (χ0n) is 10.3. The van der Waals surface area contributed by atoms with Crippen LogP contribution in [0.2, 0.25) is 0 Å². The lowest BCUT2D eigenvalue weighted by Crippen LogP contribution is -2.34. The molecule has 1 N–H and O–H groups in total. The molecule has 1 aliphatic heterocycles. The summed E-state index contributed by atoms with van der Waals surface area (Å²) in [6.07, 6.45) is 7.07. The Hall–Kier alpha value is -0.900. The van der Waals surface area contributed by atoms with Gasteiger partial charge in [0.25, 0.3) is 0 Å². The molecule has 1 aromatic rings. The minimum Gasteiger partial charge on any atom is -0.314 e. The summed E-state index contributed by atoms with van der Waals surface area (Å²) in [5.74, 6) is 0.509. The van der Waals surface area contributed by atoms with E-state index in [0.717, 1.165) is 6.54 Å². The fourth-order valence-corrected chi connectivity index (χ4v) is 2.34. The summed E-state index contributed by atoms with van der Waals surface area (Å²) >= 11 is 0. The summed E-state index contributed by atoms with van der Waals surface area (Å²) in [4.78, 5) is 0. The van der Waals surface area contributed by atoms with E-state index in [1.54, 1.807) is 0 Å². The van der Waals surface area contributed by atoms with Gasteiger partial charge in [-0.25, -0.2) is 4.68 Å². The van der Waals surface area contributed by atoms with Gasteiger partial charge in [0.1, 0.15) is 0 Å². The highest BCUT2D eigenvalue weighted by Crippen LogP contribution is 2.15. The summed E-state index contributed by atoms with van der Waals surface area (Å²) in [7, 11) is 0. The molecule has 0 aromatic carbocycles. The fraction of sp³-hybridized carbons (Fsp3) is 0.833. The van der Waals surface area contributed by atoms with Crippen molar-refractivity contribution in [3.63, 3.8) is 0 Å². The molecular formula is C12H22N4. The van der Waals surface area contributed by atoms with Crippen molar-refractivity contribution in [3.05, 3.63) is 11.9 Å². The number of nitrogens with one attached hydrogen (secondary N) is 1. The largest absolute Gasteiger partial charge is 0.314 e. The second-order valence-electron chi connectivity index (χ2n) is 4.97. The van der Waals surface area contributed by atoms with Crippen LogP contribution in [0, 0.1) is 0 Å². The second-order valence-corrected chi connectivity index (χ2v) is 4.97. The maximum Gasteiger partial charge on any atom is 0.0727 e. The summed E-state index contributed by atoms with van der Waals surface area (Å²) in [6, 6.07) is 0.679. The Morgan fingerprint density at radius 3 is 3.06 bits per heavy atom. The Morgan fingerprint density at radius 2 is 2.38 bits per heavy atom. The Kier molecular flexibility index (Phi) is 3.93. The lowest BCUT2D eigenvalue weighted by atomic mass is 10.0. The van der Waals surface area contributed by atoms with Gasteiger partial charge >= 0.3 is 0 Å². The normalized spacial score (nSPS) is 21.6. The van der Waals surface area contributed by atoms with E-state index >= 15 is 0 Å². The first-order valence-corrected chi connectivity index (χ1v) is 6.39. The van der Waals surface area contributed by atoms with Gasteiger partial charge in [-0.2, -0.15) is 0 Å². The van der Waals surface area contributed by atoms with Crippen LogP contribution < -0.4 is 5.32 Å². The molecule has 1 saturated heterocycles. The van der Waals surface area contributed by atoms with E-state index in [0.29, 0.717) is 12.0 Å². The Balaban J connectivity index is 1.86. The lowest BCUT2D eigenvalue weighted by Gasteiger charge is -2.23. The molecule has 2 rings (SSSR count). The number of rotatable bonds is 4. The number of hydrogen-bond acceptors (Lipinski definition) is 3. The molecule has 1 fully saturated rings. The number of aryl methyl sites for hydroxylation is 1. The summed E-state index contributed by atoms with van der Waals surface area (Å²) in [6.45, 7) is 6.55. The van der Waals surface area contributed by atoms with Crippen LogP contribution >= 0.6 is 0 Å². The van der Waals surface area contributed by atoms with Crippen LogP contribution in [0.4, 0.5) is 0 Å². The quantitative estimate of drug-likeness (QED) is 0.846. The van der Waals surface area contributed by atoms with Crippen LogP contribution in [0.15, 0.2) is 6.20 Å². The molecule has 16 heavy (non-hydrogen) atoms. The number of hydrogen-bond donors (Lipinski definition) is 1. The number of piperidine rings is 1. The van der Waals surface area contributed by atoms with Crippen molar-refractivity contribution in [2.24, 2.45) is 0 Å². The molecule has 2 heterocycles. The molecule has 1 unspecified atom stereocenters.